The van der Waals surface area contributed by atoms with E-state index in [-0.39, 0.29) is 0 Å². The zero-order valence-corrected chi connectivity index (χ0v) is 12.3. The minimum atomic E-state index is 0.571. The summed E-state index contributed by atoms with van der Waals surface area (Å²) in [6, 6.07) is 0. The lowest BCUT2D eigenvalue weighted by atomic mass is 9.82. The van der Waals surface area contributed by atoms with Gasteiger partial charge in [-0.05, 0) is 53.5 Å². The van der Waals surface area contributed by atoms with Crippen molar-refractivity contribution in [3.05, 3.63) is 94.7 Å². The number of hydrogen-bond acceptors (Lipinski definition) is 0. The minimum Gasteiger partial charge on any atom is -0.0882 e. The third-order valence-electron chi connectivity index (χ3n) is 4.72. The van der Waals surface area contributed by atoms with Crippen LogP contribution in [-0.2, 0) is 0 Å². The van der Waals surface area contributed by atoms with E-state index in [1.165, 1.54) is 35.1 Å². The highest BCUT2D eigenvalue weighted by atomic mass is 14.4. The molecule has 0 heterocycles. The lowest BCUT2D eigenvalue weighted by Crippen LogP contribution is -2.08. The number of allylic oxidation sites excluding steroid dienone is 16. The fraction of sp³-hybridized carbons (Fsp3) is 0.238. The van der Waals surface area contributed by atoms with Gasteiger partial charge in [0.25, 0.3) is 0 Å². The first kappa shape index (κ1) is 12.6. The van der Waals surface area contributed by atoms with Gasteiger partial charge in [0.05, 0.1) is 0 Å². The van der Waals surface area contributed by atoms with E-state index in [4.69, 9.17) is 0 Å². The van der Waals surface area contributed by atoms with Crippen molar-refractivity contribution in [1.82, 2.24) is 0 Å². The fourth-order valence-electron chi connectivity index (χ4n) is 3.81. The quantitative estimate of drug-likeness (QED) is 0.509. The van der Waals surface area contributed by atoms with Gasteiger partial charge in [-0.2, -0.15) is 0 Å². The molecule has 1 unspecified atom stereocenters. The van der Waals surface area contributed by atoms with Gasteiger partial charge < -0.3 is 0 Å². The van der Waals surface area contributed by atoms with Gasteiger partial charge in [-0.25, -0.2) is 0 Å². The summed E-state index contributed by atoms with van der Waals surface area (Å²) in [5.74, 6) is 0.571. The molecule has 4 rings (SSSR count). The first-order valence-corrected chi connectivity index (χ1v) is 7.96. The molecule has 104 valence electrons. The summed E-state index contributed by atoms with van der Waals surface area (Å²) in [7, 11) is 0. The molecule has 0 aromatic carbocycles. The van der Waals surface area contributed by atoms with Gasteiger partial charge in [0.2, 0.25) is 0 Å². The SMILES string of the molecule is C1=CC2=C(C=CC1)C1CC/C=C\C/C3=C/C=C\C=C/C2=C31. The molecule has 4 aliphatic rings. The van der Waals surface area contributed by atoms with E-state index in [9.17, 15) is 0 Å². The van der Waals surface area contributed by atoms with Crippen LogP contribution in [0, 0.1) is 5.92 Å². The zero-order valence-electron chi connectivity index (χ0n) is 12.3. The van der Waals surface area contributed by atoms with E-state index in [1.54, 1.807) is 5.57 Å². The maximum atomic E-state index is 2.37. The van der Waals surface area contributed by atoms with Gasteiger partial charge in [-0.3, -0.25) is 0 Å². The van der Waals surface area contributed by atoms with E-state index >= 15 is 0 Å². The second-order valence-corrected chi connectivity index (χ2v) is 5.98. The van der Waals surface area contributed by atoms with E-state index in [2.05, 4.69) is 66.8 Å². The van der Waals surface area contributed by atoms with Crippen LogP contribution < -0.4 is 0 Å². The highest BCUT2D eigenvalue weighted by Gasteiger charge is 2.32. The monoisotopic (exact) mass is 272 g/mol. The molecule has 21 heavy (non-hydrogen) atoms. The molecule has 0 N–H and O–H groups in total. The van der Waals surface area contributed by atoms with Crippen LogP contribution in [0.4, 0.5) is 0 Å². The molecule has 0 amide bonds. The van der Waals surface area contributed by atoms with Gasteiger partial charge in [-0.15, -0.1) is 0 Å². The van der Waals surface area contributed by atoms with Gasteiger partial charge in [0, 0.05) is 5.92 Å². The Morgan fingerprint density at radius 3 is 2.76 bits per heavy atom. The van der Waals surface area contributed by atoms with Crippen LogP contribution in [0.15, 0.2) is 94.7 Å². The topological polar surface area (TPSA) is 0 Å². The zero-order chi connectivity index (χ0) is 14.1. The summed E-state index contributed by atoms with van der Waals surface area (Å²) in [5, 5.41) is 0. The van der Waals surface area contributed by atoms with Crippen LogP contribution in [0.3, 0.4) is 0 Å². The van der Waals surface area contributed by atoms with Crippen LogP contribution >= 0.6 is 0 Å². The molecule has 0 spiro atoms. The molecule has 0 radical (unpaired) electrons. The largest absolute Gasteiger partial charge is 0.0882 e. The summed E-state index contributed by atoms with van der Waals surface area (Å²) in [6.07, 6.45) is 29.6. The van der Waals surface area contributed by atoms with Gasteiger partial charge in [-0.1, -0.05) is 66.8 Å². The Morgan fingerprint density at radius 2 is 1.76 bits per heavy atom. The maximum Gasteiger partial charge on any atom is 0.0107 e. The smallest absolute Gasteiger partial charge is 0.0107 e. The average Bonchev–Trinajstić information content (AvgIpc) is 2.63. The lowest BCUT2D eigenvalue weighted by molar-refractivity contribution is 0.664. The molecular weight excluding hydrogens is 252 g/mol. The summed E-state index contributed by atoms with van der Waals surface area (Å²) >= 11 is 0. The predicted octanol–water partition coefficient (Wildman–Crippen LogP) is 5.52. The summed E-state index contributed by atoms with van der Waals surface area (Å²) < 4.78 is 0. The van der Waals surface area contributed by atoms with Crippen LogP contribution in [0.5, 0.6) is 0 Å². The van der Waals surface area contributed by atoms with Crippen LogP contribution in [0.1, 0.15) is 25.7 Å². The molecule has 1 atom stereocenters. The molecule has 0 heteroatoms. The van der Waals surface area contributed by atoms with Crippen molar-refractivity contribution in [3.63, 3.8) is 0 Å². The van der Waals surface area contributed by atoms with Gasteiger partial charge in [0.1, 0.15) is 0 Å². The third kappa shape index (κ3) is 2.15. The highest BCUT2D eigenvalue weighted by molar-refractivity contribution is 5.68. The molecule has 0 aliphatic heterocycles. The molecular formula is C21H20. The predicted molar refractivity (Wildman–Crippen MR) is 89.8 cm³/mol. The van der Waals surface area contributed by atoms with Gasteiger partial charge >= 0.3 is 0 Å². The maximum absolute atomic E-state index is 2.37. The Kier molecular flexibility index (Phi) is 3.23. The number of fused-ring (bicyclic) bond motifs is 2. The molecule has 0 aromatic heterocycles. The second kappa shape index (κ2) is 5.37. The lowest BCUT2D eigenvalue weighted by Gasteiger charge is -2.22. The summed E-state index contributed by atoms with van der Waals surface area (Å²) in [6.45, 7) is 0. The molecule has 0 fully saturated rings. The molecule has 0 saturated heterocycles. The van der Waals surface area contributed by atoms with E-state index in [1.807, 2.05) is 0 Å². The second-order valence-electron chi connectivity index (χ2n) is 5.98. The van der Waals surface area contributed by atoms with Crippen molar-refractivity contribution < 1.29 is 0 Å². The van der Waals surface area contributed by atoms with Crippen molar-refractivity contribution in [3.8, 4) is 0 Å². The molecule has 0 nitrogen and oxygen atoms in total. The Morgan fingerprint density at radius 1 is 0.810 bits per heavy atom. The molecule has 0 bridgehead atoms. The van der Waals surface area contributed by atoms with E-state index < -0.39 is 0 Å². The van der Waals surface area contributed by atoms with Crippen molar-refractivity contribution in [2.24, 2.45) is 5.92 Å². The first-order chi connectivity index (χ1) is 10.4. The Bertz CT molecular complexity index is 696. The van der Waals surface area contributed by atoms with Crippen LogP contribution in [0.25, 0.3) is 0 Å². The molecule has 0 saturated carbocycles. The normalized spacial score (nSPS) is 33.7. The van der Waals surface area contributed by atoms with E-state index in [0.717, 1.165) is 12.8 Å². The molecule has 0 aromatic rings. The number of rotatable bonds is 0. The summed E-state index contributed by atoms with van der Waals surface area (Å²) in [4.78, 5) is 0. The fourth-order valence-corrected chi connectivity index (χ4v) is 3.81. The Balaban J connectivity index is 1.94. The third-order valence-corrected chi connectivity index (χ3v) is 4.72. The Labute approximate surface area is 126 Å². The molecule has 4 aliphatic carbocycles. The average molecular weight is 272 g/mol. The summed E-state index contributed by atoms with van der Waals surface area (Å²) in [5.41, 5.74) is 7.48. The van der Waals surface area contributed by atoms with Gasteiger partial charge in [0.15, 0.2) is 0 Å². The highest BCUT2D eigenvalue weighted by Crippen LogP contribution is 2.47. The van der Waals surface area contributed by atoms with Crippen molar-refractivity contribution >= 4 is 0 Å². The Hall–Kier alpha value is -2.08. The standard InChI is InChI=1S/C21H20/c1-4-10-16-11-5-2-9-15-20-18-13-7-3-6-12-17(18)19(14-8-1)21(16)20/h1-2,4-8,10,12-14,20H,3,9,11,15H2/b4-1-,5-2-,8-1?,10-4?,14-8-,16-10-,19-14?,21-16?. The number of hydrogen-bond donors (Lipinski definition) is 0. The van der Waals surface area contributed by atoms with E-state index in [0.29, 0.717) is 5.92 Å². The van der Waals surface area contributed by atoms with Crippen molar-refractivity contribution in [1.29, 1.82) is 0 Å². The first-order valence-electron chi connectivity index (χ1n) is 7.96. The van der Waals surface area contributed by atoms with Crippen molar-refractivity contribution in [2.45, 2.75) is 25.7 Å². The minimum absolute atomic E-state index is 0.571. The van der Waals surface area contributed by atoms with Crippen LogP contribution in [0.2, 0.25) is 0 Å². The van der Waals surface area contributed by atoms with Crippen molar-refractivity contribution in [2.75, 3.05) is 0 Å². The van der Waals surface area contributed by atoms with Crippen LogP contribution in [-0.4, -0.2) is 0 Å².